The molecular formula is C13H18N2O5S. The third-order valence-corrected chi connectivity index (χ3v) is 4.60. The van der Waals surface area contributed by atoms with Crippen molar-refractivity contribution in [2.45, 2.75) is 24.2 Å². The van der Waals surface area contributed by atoms with Gasteiger partial charge in [-0.2, -0.15) is 0 Å². The van der Waals surface area contributed by atoms with Gasteiger partial charge in [-0.3, -0.25) is 4.79 Å². The number of carbonyl (C=O) groups is 1. The van der Waals surface area contributed by atoms with Gasteiger partial charge >= 0.3 is 5.97 Å². The van der Waals surface area contributed by atoms with Crippen molar-refractivity contribution in [2.75, 3.05) is 26.0 Å². The normalized spacial score (nSPS) is 14.1. The van der Waals surface area contributed by atoms with E-state index in [2.05, 4.69) is 9.46 Å². The number of carbonyl (C=O) groups excluding carboxylic acids is 1. The summed E-state index contributed by atoms with van der Waals surface area (Å²) in [6.07, 6.45) is 1.51. The number of hydrogen-bond donors (Lipinski definition) is 2. The predicted molar refractivity (Wildman–Crippen MR) is 76.5 cm³/mol. The topological polar surface area (TPSA) is 108 Å². The average molecular weight is 314 g/mol. The van der Waals surface area contributed by atoms with Gasteiger partial charge in [-0.25, -0.2) is 13.1 Å². The van der Waals surface area contributed by atoms with Crippen molar-refractivity contribution in [1.29, 1.82) is 0 Å². The maximum Gasteiger partial charge on any atom is 0.306 e. The average Bonchev–Trinajstić information content (AvgIpc) is 2.45. The van der Waals surface area contributed by atoms with Gasteiger partial charge < -0.3 is 15.2 Å². The number of hydrogen-bond acceptors (Lipinski definition) is 6. The molecule has 0 amide bonds. The lowest BCUT2D eigenvalue weighted by Gasteiger charge is -2.21. The minimum Gasteiger partial charge on any atom is -0.492 e. The van der Waals surface area contributed by atoms with Crippen LogP contribution in [0.2, 0.25) is 0 Å². The van der Waals surface area contributed by atoms with Crippen molar-refractivity contribution in [3.63, 3.8) is 0 Å². The number of ether oxygens (including phenoxy) is 2. The lowest BCUT2D eigenvalue weighted by atomic mass is 10.1. The molecule has 1 aromatic carbocycles. The van der Waals surface area contributed by atoms with Gasteiger partial charge in [-0.05, 0) is 30.5 Å². The highest BCUT2D eigenvalue weighted by Crippen LogP contribution is 2.34. The number of nitrogens with one attached hydrogen (secondary N) is 1. The van der Waals surface area contributed by atoms with Crippen LogP contribution in [0, 0.1) is 0 Å². The Labute approximate surface area is 123 Å². The Morgan fingerprint density at radius 1 is 1.48 bits per heavy atom. The van der Waals surface area contributed by atoms with Crippen LogP contribution in [0.5, 0.6) is 5.75 Å². The fourth-order valence-corrected chi connectivity index (χ4v) is 3.39. The van der Waals surface area contributed by atoms with Gasteiger partial charge in [-0.15, -0.1) is 0 Å². The Hall–Kier alpha value is -1.80. The summed E-state index contributed by atoms with van der Waals surface area (Å²) in [5.41, 5.74) is 6.91. The van der Waals surface area contributed by atoms with Crippen LogP contribution >= 0.6 is 0 Å². The molecule has 21 heavy (non-hydrogen) atoms. The second-order valence-corrected chi connectivity index (χ2v) is 6.42. The number of aryl methyl sites for hydroxylation is 1. The summed E-state index contributed by atoms with van der Waals surface area (Å²) in [7, 11) is -2.54. The van der Waals surface area contributed by atoms with Crippen LogP contribution in [-0.2, 0) is 26.0 Å². The van der Waals surface area contributed by atoms with Gasteiger partial charge in [0.15, 0.2) is 0 Å². The summed E-state index contributed by atoms with van der Waals surface area (Å²) in [5, 5.41) is 0. The Kier molecular flexibility index (Phi) is 4.69. The van der Waals surface area contributed by atoms with E-state index in [0.29, 0.717) is 18.0 Å². The Morgan fingerprint density at radius 2 is 2.24 bits per heavy atom. The predicted octanol–water partition coefficient (Wildman–Crippen LogP) is 0.435. The Bertz CT molecular complexity index is 642. The Balaban J connectivity index is 2.23. The highest BCUT2D eigenvalue weighted by molar-refractivity contribution is 7.89. The molecule has 0 radical (unpaired) electrons. The zero-order chi connectivity index (χ0) is 15.5. The van der Waals surface area contributed by atoms with Crippen LogP contribution in [0.3, 0.4) is 0 Å². The van der Waals surface area contributed by atoms with E-state index in [1.807, 2.05) is 0 Å². The standard InChI is InChI=1S/C13H18N2O5S/c1-19-12(16)4-5-15-21(17,18)11-8-10(14)7-9-3-2-6-20-13(9)11/h7-8,15H,2-6,14H2,1H3. The zero-order valence-electron chi connectivity index (χ0n) is 11.7. The minimum atomic E-state index is -3.79. The van der Waals surface area contributed by atoms with Gasteiger partial charge in [0.05, 0.1) is 20.1 Å². The smallest absolute Gasteiger partial charge is 0.306 e. The maximum absolute atomic E-state index is 12.3. The lowest BCUT2D eigenvalue weighted by Crippen LogP contribution is -2.28. The summed E-state index contributed by atoms with van der Waals surface area (Å²) in [6, 6.07) is 3.09. The molecule has 0 fully saturated rings. The lowest BCUT2D eigenvalue weighted by molar-refractivity contribution is -0.140. The number of benzene rings is 1. The molecule has 3 N–H and O–H groups in total. The molecule has 0 bridgehead atoms. The molecule has 1 heterocycles. The molecule has 8 heteroatoms. The third kappa shape index (κ3) is 3.64. The molecule has 2 rings (SSSR count). The first-order chi connectivity index (χ1) is 9.94. The van der Waals surface area contributed by atoms with Gasteiger partial charge in [0.1, 0.15) is 10.6 Å². The summed E-state index contributed by atoms with van der Waals surface area (Å²) in [5.74, 6) is -0.135. The molecule has 0 saturated heterocycles. The summed E-state index contributed by atoms with van der Waals surface area (Å²) < 4.78 is 36.9. The number of anilines is 1. The molecule has 0 spiro atoms. The molecule has 0 unspecified atom stereocenters. The van der Waals surface area contributed by atoms with E-state index in [4.69, 9.17) is 10.5 Å². The molecule has 116 valence electrons. The monoisotopic (exact) mass is 314 g/mol. The van der Waals surface area contributed by atoms with Gasteiger partial charge in [0.25, 0.3) is 0 Å². The first kappa shape index (κ1) is 15.6. The number of esters is 1. The SMILES string of the molecule is COC(=O)CCNS(=O)(=O)c1cc(N)cc2c1OCCC2. The quantitative estimate of drug-likeness (QED) is 0.603. The number of nitrogen functional groups attached to an aromatic ring is 1. The molecule has 1 aliphatic heterocycles. The third-order valence-electron chi connectivity index (χ3n) is 3.13. The van der Waals surface area contributed by atoms with Crippen molar-refractivity contribution in [3.8, 4) is 5.75 Å². The maximum atomic E-state index is 12.3. The number of rotatable bonds is 5. The molecular weight excluding hydrogens is 296 g/mol. The minimum absolute atomic E-state index is 0.0158. The number of sulfonamides is 1. The van der Waals surface area contributed by atoms with Gasteiger partial charge in [0, 0.05) is 12.2 Å². The van der Waals surface area contributed by atoms with Crippen LogP contribution < -0.4 is 15.2 Å². The van der Waals surface area contributed by atoms with Gasteiger partial charge in [-0.1, -0.05) is 0 Å². The number of fused-ring (bicyclic) bond motifs is 1. The van der Waals surface area contributed by atoms with E-state index in [9.17, 15) is 13.2 Å². The van der Waals surface area contributed by atoms with Crippen molar-refractivity contribution >= 4 is 21.7 Å². The van der Waals surface area contributed by atoms with E-state index < -0.39 is 16.0 Å². The van der Waals surface area contributed by atoms with E-state index in [0.717, 1.165) is 18.4 Å². The fraction of sp³-hybridized carbons (Fsp3) is 0.462. The van der Waals surface area contributed by atoms with E-state index in [1.54, 1.807) is 6.07 Å². The van der Waals surface area contributed by atoms with Crippen LogP contribution in [0.1, 0.15) is 18.4 Å². The fourth-order valence-electron chi connectivity index (χ4n) is 2.14. The van der Waals surface area contributed by atoms with Crippen molar-refractivity contribution in [1.82, 2.24) is 4.72 Å². The highest BCUT2D eigenvalue weighted by atomic mass is 32.2. The second kappa shape index (κ2) is 6.31. The van der Waals surface area contributed by atoms with Gasteiger partial charge in [0.2, 0.25) is 10.0 Å². The molecule has 0 aromatic heterocycles. The molecule has 0 atom stereocenters. The van der Waals surface area contributed by atoms with E-state index in [1.165, 1.54) is 13.2 Å². The second-order valence-electron chi connectivity index (χ2n) is 4.68. The molecule has 1 aromatic rings. The van der Waals surface area contributed by atoms with Crippen LogP contribution in [0.25, 0.3) is 0 Å². The molecule has 1 aliphatic rings. The first-order valence-corrected chi connectivity index (χ1v) is 8.04. The van der Waals surface area contributed by atoms with E-state index in [-0.39, 0.29) is 17.9 Å². The summed E-state index contributed by atoms with van der Waals surface area (Å²) in [6.45, 7) is 0.431. The summed E-state index contributed by atoms with van der Waals surface area (Å²) in [4.78, 5) is 11.0. The van der Waals surface area contributed by atoms with E-state index >= 15 is 0 Å². The zero-order valence-corrected chi connectivity index (χ0v) is 12.5. The Morgan fingerprint density at radius 3 is 2.95 bits per heavy atom. The van der Waals surface area contributed by atoms with Crippen LogP contribution in [-0.4, -0.2) is 34.6 Å². The summed E-state index contributed by atoms with van der Waals surface area (Å²) >= 11 is 0. The van der Waals surface area contributed by atoms with Crippen LogP contribution in [0.4, 0.5) is 5.69 Å². The molecule has 0 aliphatic carbocycles. The van der Waals surface area contributed by atoms with Crippen molar-refractivity contribution < 1.29 is 22.7 Å². The van der Waals surface area contributed by atoms with Crippen molar-refractivity contribution in [3.05, 3.63) is 17.7 Å². The highest BCUT2D eigenvalue weighted by Gasteiger charge is 2.25. The number of methoxy groups -OCH3 is 1. The largest absolute Gasteiger partial charge is 0.492 e. The molecule has 7 nitrogen and oxygen atoms in total. The van der Waals surface area contributed by atoms with Crippen molar-refractivity contribution in [2.24, 2.45) is 0 Å². The number of nitrogens with two attached hydrogens (primary N) is 1. The van der Waals surface area contributed by atoms with Crippen LogP contribution in [0.15, 0.2) is 17.0 Å². The molecule has 0 saturated carbocycles. The first-order valence-electron chi connectivity index (χ1n) is 6.55.